The summed E-state index contributed by atoms with van der Waals surface area (Å²) in [5.41, 5.74) is 0. The Balaban J connectivity index is 3.44. The number of allylic oxidation sites excluding steroid dienone is 5. The van der Waals surface area contributed by atoms with Gasteiger partial charge in [-0.3, -0.25) is 0 Å². The third kappa shape index (κ3) is 9.15. The molecule has 0 aliphatic carbocycles. The standard InChI is InChI=1S/C11H17F/c1-10(2)8-6-4-5-7-9-11(3)12/h4-5,7,9-10H,3,6,8H2,1-2H3/b5-4-,9-7-. The first-order chi connectivity index (χ1) is 5.63. The lowest BCUT2D eigenvalue weighted by atomic mass is 10.1. The van der Waals surface area contributed by atoms with E-state index in [0.29, 0.717) is 0 Å². The average molecular weight is 168 g/mol. The Morgan fingerprint density at radius 3 is 2.58 bits per heavy atom. The van der Waals surface area contributed by atoms with Gasteiger partial charge in [-0.1, -0.05) is 38.7 Å². The first kappa shape index (κ1) is 11.2. The SMILES string of the molecule is C=C(F)/C=C\C=C/CCC(C)C. The smallest absolute Gasteiger partial charge is 0.116 e. The molecule has 0 atom stereocenters. The first-order valence-electron chi connectivity index (χ1n) is 4.30. The Kier molecular flexibility index (Phi) is 6.35. The van der Waals surface area contributed by atoms with E-state index < -0.39 is 5.83 Å². The molecule has 68 valence electrons. The Hall–Kier alpha value is -0.850. The molecule has 1 heteroatoms. The van der Waals surface area contributed by atoms with Crippen LogP contribution >= 0.6 is 0 Å². The van der Waals surface area contributed by atoms with Crippen LogP contribution in [0.1, 0.15) is 26.7 Å². The Morgan fingerprint density at radius 2 is 2.08 bits per heavy atom. The molecule has 12 heavy (non-hydrogen) atoms. The van der Waals surface area contributed by atoms with Crippen LogP contribution in [-0.2, 0) is 0 Å². The van der Waals surface area contributed by atoms with Gasteiger partial charge in [0.25, 0.3) is 0 Å². The quantitative estimate of drug-likeness (QED) is 0.544. The van der Waals surface area contributed by atoms with Crippen LogP contribution in [0.4, 0.5) is 4.39 Å². The summed E-state index contributed by atoms with van der Waals surface area (Å²) in [6, 6.07) is 0. The highest BCUT2D eigenvalue weighted by Gasteiger charge is 1.88. The summed E-state index contributed by atoms with van der Waals surface area (Å²) in [5.74, 6) is 0.332. The highest BCUT2D eigenvalue weighted by molar-refractivity contribution is 5.13. The fraction of sp³-hybridized carbons (Fsp3) is 0.455. The molecule has 0 aromatic rings. The molecule has 0 nitrogen and oxygen atoms in total. The van der Waals surface area contributed by atoms with Gasteiger partial charge in [-0.2, -0.15) is 0 Å². The van der Waals surface area contributed by atoms with Gasteiger partial charge in [0.05, 0.1) is 0 Å². The molecule has 0 rings (SSSR count). The molecule has 0 aromatic heterocycles. The lowest BCUT2D eigenvalue weighted by Gasteiger charge is -1.97. The Labute approximate surface area is 74.5 Å². The molecule has 0 saturated heterocycles. The van der Waals surface area contributed by atoms with Gasteiger partial charge < -0.3 is 0 Å². The van der Waals surface area contributed by atoms with E-state index in [1.54, 1.807) is 6.08 Å². The summed E-state index contributed by atoms with van der Waals surface area (Å²) in [6.07, 6.45) is 9.16. The molecular weight excluding hydrogens is 151 g/mol. The number of halogens is 1. The summed E-state index contributed by atoms with van der Waals surface area (Å²) >= 11 is 0. The van der Waals surface area contributed by atoms with Crippen molar-refractivity contribution in [2.24, 2.45) is 5.92 Å². The van der Waals surface area contributed by atoms with Crippen molar-refractivity contribution < 1.29 is 4.39 Å². The van der Waals surface area contributed by atoms with Crippen molar-refractivity contribution in [3.63, 3.8) is 0 Å². The first-order valence-corrected chi connectivity index (χ1v) is 4.30. The largest absolute Gasteiger partial charge is 0.208 e. The van der Waals surface area contributed by atoms with Crippen LogP contribution in [-0.4, -0.2) is 0 Å². The van der Waals surface area contributed by atoms with Crippen molar-refractivity contribution in [3.05, 3.63) is 36.7 Å². The molecule has 0 radical (unpaired) electrons. The van der Waals surface area contributed by atoms with Crippen molar-refractivity contribution >= 4 is 0 Å². The zero-order valence-electron chi connectivity index (χ0n) is 7.89. The van der Waals surface area contributed by atoms with Gasteiger partial charge in [-0.25, -0.2) is 4.39 Å². The van der Waals surface area contributed by atoms with Crippen LogP contribution in [0.15, 0.2) is 36.7 Å². The van der Waals surface area contributed by atoms with Crippen molar-refractivity contribution in [3.8, 4) is 0 Å². The lowest BCUT2D eigenvalue weighted by molar-refractivity contribution is 0.594. The van der Waals surface area contributed by atoms with Crippen LogP contribution < -0.4 is 0 Å². The summed E-state index contributed by atoms with van der Waals surface area (Å²) < 4.78 is 12.0. The molecule has 0 aliphatic rings. The minimum Gasteiger partial charge on any atom is -0.208 e. The molecule has 0 bridgehead atoms. The zero-order valence-corrected chi connectivity index (χ0v) is 7.89. The van der Waals surface area contributed by atoms with Gasteiger partial charge in [0.1, 0.15) is 5.83 Å². The van der Waals surface area contributed by atoms with Gasteiger partial charge in [-0.05, 0) is 24.8 Å². The van der Waals surface area contributed by atoms with Gasteiger partial charge in [-0.15, -0.1) is 0 Å². The van der Waals surface area contributed by atoms with E-state index in [9.17, 15) is 4.39 Å². The maximum Gasteiger partial charge on any atom is 0.116 e. The van der Waals surface area contributed by atoms with Crippen LogP contribution in [0.25, 0.3) is 0 Å². The molecular formula is C11H17F. The summed E-state index contributed by atoms with van der Waals surface area (Å²) in [6.45, 7) is 7.49. The van der Waals surface area contributed by atoms with E-state index in [4.69, 9.17) is 0 Å². The molecule has 0 aliphatic heterocycles. The molecule has 0 unspecified atom stereocenters. The summed E-state index contributed by atoms with van der Waals surface area (Å²) in [5, 5.41) is 0. The highest BCUT2D eigenvalue weighted by Crippen LogP contribution is 2.03. The van der Waals surface area contributed by atoms with E-state index >= 15 is 0 Å². The molecule has 0 fully saturated rings. The molecule has 0 spiro atoms. The number of rotatable bonds is 5. The predicted octanol–water partition coefficient (Wildman–Crippen LogP) is 4.02. The van der Waals surface area contributed by atoms with Gasteiger partial charge >= 0.3 is 0 Å². The predicted molar refractivity (Wildman–Crippen MR) is 52.6 cm³/mol. The number of hydrogen-bond donors (Lipinski definition) is 0. The monoisotopic (exact) mass is 168 g/mol. The normalized spacial score (nSPS) is 12.0. The van der Waals surface area contributed by atoms with E-state index in [2.05, 4.69) is 20.4 Å². The fourth-order valence-corrected chi connectivity index (χ4v) is 0.764. The van der Waals surface area contributed by atoms with E-state index in [-0.39, 0.29) is 0 Å². The van der Waals surface area contributed by atoms with Crippen LogP contribution in [0, 0.1) is 5.92 Å². The number of hydrogen-bond acceptors (Lipinski definition) is 0. The van der Waals surface area contributed by atoms with Gasteiger partial charge in [0.15, 0.2) is 0 Å². The molecule has 0 aromatic carbocycles. The van der Waals surface area contributed by atoms with Gasteiger partial charge in [0.2, 0.25) is 0 Å². The minimum atomic E-state index is -0.400. The molecule has 0 amide bonds. The van der Waals surface area contributed by atoms with Crippen LogP contribution in [0.3, 0.4) is 0 Å². The summed E-state index contributed by atoms with van der Waals surface area (Å²) in [4.78, 5) is 0. The third-order valence-corrected chi connectivity index (χ3v) is 1.43. The second-order valence-electron chi connectivity index (χ2n) is 3.21. The zero-order chi connectivity index (χ0) is 9.40. The Bertz CT molecular complexity index is 175. The molecule has 0 N–H and O–H groups in total. The van der Waals surface area contributed by atoms with Crippen molar-refractivity contribution in [1.29, 1.82) is 0 Å². The van der Waals surface area contributed by atoms with Crippen LogP contribution in [0.5, 0.6) is 0 Å². The van der Waals surface area contributed by atoms with E-state index in [1.807, 2.05) is 12.2 Å². The highest BCUT2D eigenvalue weighted by atomic mass is 19.1. The Morgan fingerprint density at radius 1 is 1.42 bits per heavy atom. The second kappa shape index (κ2) is 6.84. The van der Waals surface area contributed by atoms with Crippen LogP contribution in [0.2, 0.25) is 0 Å². The van der Waals surface area contributed by atoms with Crippen molar-refractivity contribution in [2.45, 2.75) is 26.7 Å². The average Bonchev–Trinajstić information content (AvgIpc) is 1.95. The molecule has 0 heterocycles. The molecule has 0 saturated carbocycles. The third-order valence-electron chi connectivity index (χ3n) is 1.43. The minimum absolute atomic E-state index is 0.400. The lowest BCUT2D eigenvalue weighted by Crippen LogP contribution is -1.83. The summed E-state index contributed by atoms with van der Waals surface area (Å²) in [7, 11) is 0. The van der Waals surface area contributed by atoms with E-state index in [0.717, 1.165) is 12.3 Å². The van der Waals surface area contributed by atoms with Gasteiger partial charge in [0, 0.05) is 0 Å². The van der Waals surface area contributed by atoms with E-state index in [1.165, 1.54) is 12.5 Å². The maximum atomic E-state index is 12.0. The fourth-order valence-electron chi connectivity index (χ4n) is 0.764. The van der Waals surface area contributed by atoms with Crippen molar-refractivity contribution in [2.75, 3.05) is 0 Å². The topological polar surface area (TPSA) is 0 Å². The van der Waals surface area contributed by atoms with Crippen molar-refractivity contribution in [1.82, 2.24) is 0 Å². The maximum absolute atomic E-state index is 12.0. The second-order valence-corrected chi connectivity index (χ2v) is 3.21.